The highest BCUT2D eigenvalue weighted by Crippen LogP contribution is 2.36. The molecule has 2 aliphatic rings. The number of rotatable bonds is 7. The second-order valence-corrected chi connectivity index (χ2v) is 9.09. The fourth-order valence-electron chi connectivity index (χ4n) is 4.44. The van der Waals surface area contributed by atoms with Crippen molar-refractivity contribution in [3.8, 4) is 11.5 Å². The summed E-state index contributed by atoms with van der Waals surface area (Å²) in [5.41, 5.74) is 7.82. The van der Waals surface area contributed by atoms with Gasteiger partial charge in [0.25, 0.3) is 0 Å². The number of anilines is 2. The molecule has 3 heterocycles. The first-order chi connectivity index (χ1) is 15.7. The van der Waals surface area contributed by atoms with Crippen molar-refractivity contribution < 1.29 is 14.3 Å². The molecule has 7 nitrogen and oxygen atoms in total. The van der Waals surface area contributed by atoms with E-state index in [0.717, 1.165) is 68.1 Å². The summed E-state index contributed by atoms with van der Waals surface area (Å²) in [5.74, 6) is 1.66. The molecule has 0 unspecified atom stereocenters. The van der Waals surface area contributed by atoms with Gasteiger partial charge in [-0.15, -0.1) is 11.3 Å². The molecule has 3 aromatic rings. The van der Waals surface area contributed by atoms with E-state index < -0.39 is 0 Å². The lowest BCUT2D eigenvalue weighted by molar-refractivity contribution is 0.174. The number of amides is 2. The molecule has 168 valence electrons. The Morgan fingerprint density at radius 1 is 1.03 bits per heavy atom. The summed E-state index contributed by atoms with van der Waals surface area (Å²) >= 11 is 1.65. The fourth-order valence-corrected chi connectivity index (χ4v) is 5.39. The lowest BCUT2D eigenvalue weighted by Crippen LogP contribution is -2.46. The van der Waals surface area contributed by atoms with Gasteiger partial charge in [-0.25, -0.2) is 4.79 Å². The van der Waals surface area contributed by atoms with E-state index in [0.29, 0.717) is 13.3 Å². The van der Waals surface area contributed by atoms with Gasteiger partial charge in [0.15, 0.2) is 11.5 Å². The monoisotopic (exact) mass is 452 g/mol. The third kappa shape index (κ3) is 4.33. The van der Waals surface area contributed by atoms with Gasteiger partial charge in [0.2, 0.25) is 6.79 Å². The highest BCUT2D eigenvalue weighted by molar-refractivity contribution is 7.17. The van der Waals surface area contributed by atoms with E-state index in [1.807, 2.05) is 23.6 Å². The SMILES string of the molecule is NC(=O)N(CCCCN1CCN(c2ccc3c(c2)OCO3)CC1)c1csc2ccccc12. The van der Waals surface area contributed by atoms with E-state index in [-0.39, 0.29) is 6.03 Å². The van der Waals surface area contributed by atoms with E-state index in [1.54, 1.807) is 16.2 Å². The van der Waals surface area contributed by atoms with E-state index in [1.165, 1.54) is 10.4 Å². The maximum atomic E-state index is 12.1. The summed E-state index contributed by atoms with van der Waals surface area (Å²) in [4.78, 5) is 18.7. The third-order valence-corrected chi connectivity index (χ3v) is 7.17. The Kier molecular flexibility index (Phi) is 6.05. The number of thiophene rings is 1. The number of nitrogens with zero attached hydrogens (tertiary/aromatic N) is 3. The molecule has 0 aliphatic carbocycles. The van der Waals surface area contributed by atoms with Gasteiger partial charge in [0, 0.05) is 59.9 Å². The molecule has 0 spiro atoms. The Balaban J connectivity index is 1.09. The molecule has 0 radical (unpaired) electrons. The summed E-state index contributed by atoms with van der Waals surface area (Å²) in [6.45, 7) is 6.04. The zero-order valence-electron chi connectivity index (χ0n) is 18.0. The van der Waals surface area contributed by atoms with Crippen LogP contribution in [0.3, 0.4) is 0 Å². The number of primary amides is 1. The number of unbranched alkanes of at least 4 members (excludes halogenated alkanes) is 1. The summed E-state index contributed by atoms with van der Waals surface area (Å²) < 4.78 is 12.1. The van der Waals surface area contributed by atoms with E-state index in [9.17, 15) is 4.79 Å². The van der Waals surface area contributed by atoms with Crippen LogP contribution in [0.25, 0.3) is 10.1 Å². The highest BCUT2D eigenvalue weighted by Gasteiger charge is 2.21. The number of hydrogen-bond acceptors (Lipinski definition) is 6. The van der Waals surface area contributed by atoms with Crippen molar-refractivity contribution in [2.75, 3.05) is 55.9 Å². The zero-order chi connectivity index (χ0) is 21.9. The average molecular weight is 453 g/mol. The molecule has 2 N–H and O–H groups in total. The molecule has 0 saturated carbocycles. The Morgan fingerprint density at radius 2 is 1.84 bits per heavy atom. The van der Waals surface area contributed by atoms with E-state index >= 15 is 0 Å². The van der Waals surface area contributed by atoms with Crippen LogP contribution in [0.15, 0.2) is 47.8 Å². The van der Waals surface area contributed by atoms with Gasteiger partial charge in [0.1, 0.15) is 0 Å². The molecule has 1 saturated heterocycles. The topological polar surface area (TPSA) is 71.3 Å². The smallest absolute Gasteiger partial charge is 0.319 e. The number of urea groups is 1. The first kappa shape index (κ1) is 20.9. The number of hydrogen-bond donors (Lipinski definition) is 1. The number of piperazine rings is 1. The van der Waals surface area contributed by atoms with Crippen molar-refractivity contribution in [3.05, 3.63) is 47.8 Å². The average Bonchev–Trinajstić information content (AvgIpc) is 3.46. The Bertz CT molecular complexity index is 1090. The predicted octanol–water partition coefficient (Wildman–Crippen LogP) is 4.12. The minimum absolute atomic E-state index is 0.308. The number of nitrogens with two attached hydrogens (primary N) is 1. The number of benzene rings is 2. The van der Waals surface area contributed by atoms with Crippen molar-refractivity contribution >= 4 is 38.8 Å². The first-order valence-electron chi connectivity index (χ1n) is 11.1. The van der Waals surface area contributed by atoms with E-state index in [2.05, 4.69) is 34.1 Å². The van der Waals surface area contributed by atoms with Crippen LogP contribution >= 0.6 is 11.3 Å². The van der Waals surface area contributed by atoms with Gasteiger partial charge in [-0.3, -0.25) is 9.80 Å². The van der Waals surface area contributed by atoms with Gasteiger partial charge in [0.05, 0.1) is 5.69 Å². The lowest BCUT2D eigenvalue weighted by atomic mass is 10.2. The van der Waals surface area contributed by atoms with Crippen molar-refractivity contribution in [2.24, 2.45) is 5.73 Å². The quantitative estimate of drug-likeness (QED) is 0.546. The molecule has 2 aromatic carbocycles. The van der Waals surface area contributed by atoms with Gasteiger partial charge in [-0.1, -0.05) is 18.2 Å². The summed E-state index contributed by atoms with van der Waals surface area (Å²) in [6.07, 6.45) is 1.96. The zero-order valence-corrected chi connectivity index (χ0v) is 18.9. The van der Waals surface area contributed by atoms with Crippen molar-refractivity contribution in [2.45, 2.75) is 12.8 Å². The third-order valence-electron chi connectivity index (χ3n) is 6.22. The molecule has 5 rings (SSSR count). The Morgan fingerprint density at radius 3 is 2.69 bits per heavy atom. The molecule has 8 heteroatoms. The minimum Gasteiger partial charge on any atom is -0.454 e. The molecule has 0 atom stereocenters. The fraction of sp³-hybridized carbons (Fsp3) is 0.375. The number of carbonyl (C=O) groups excluding carboxylic acids is 1. The summed E-state index contributed by atoms with van der Waals surface area (Å²) in [7, 11) is 0. The Labute approximate surface area is 191 Å². The van der Waals surface area contributed by atoms with Gasteiger partial charge in [-0.05, 0) is 37.6 Å². The van der Waals surface area contributed by atoms with Crippen LogP contribution in [0, 0.1) is 0 Å². The molecule has 1 fully saturated rings. The minimum atomic E-state index is -0.383. The molecule has 32 heavy (non-hydrogen) atoms. The molecular weight excluding hydrogens is 424 g/mol. The van der Waals surface area contributed by atoms with Crippen LogP contribution in [0.5, 0.6) is 11.5 Å². The van der Waals surface area contributed by atoms with Crippen molar-refractivity contribution in [3.63, 3.8) is 0 Å². The standard InChI is InChI=1S/C24H28N4O3S/c25-24(29)28(20-16-32-23-6-2-1-5-19(20)23)10-4-3-9-26-11-13-27(14-12-26)18-7-8-21-22(15-18)31-17-30-21/h1-2,5-8,15-16H,3-4,9-14,17H2,(H2,25,29). The van der Waals surface area contributed by atoms with E-state index in [4.69, 9.17) is 15.2 Å². The van der Waals surface area contributed by atoms with Gasteiger partial charge < -0.3 is 20.1 Å². The van der Waals surface area contributed by atoms with Gasteiger partial charge in [-0.2, -0.15) is 0 Å². The summed E-state index contributed by atoms with van der Waals surface area (Å²) in [5, 5.41) is 3.13. The van der Waals surface area contributed by atoms with Crippen LogP contribution in [-0.4, -0.2) is 57.0 Å². The molecule has 2 aliphatic heterocycles. The van der Waals surface area contributed by atoms with Crippen LogP contribution in [0.2, 0.25) is 0 Å². The molecule has 1 aromatic heterocycles. The second-order valence-electron chi connectivity index (χ2n) is 8.18. The Hall–Kier alpha value is -2.97. The van der Waals surface area contributed by atoms with Crippen LogP contribution in [0.1, 0.15) is 12.8 Å². The van der Waals surface area contributed by atoms with Crippen LogP contribution in [0.4, 0.5) is 16.2 Å². The molecule has 0 bridgehead atoms. The van der Waals surface area contributed by atoms with Crippen LogP contribution in [-0.2, 0) is 0 Å². The maximum Gasteiger partial charge on any atom is 0.319 e. The van der Waals surface area contributed by atoms with Crippen LogP contribution < -0.4 is 25.0 Å². The predicted molar refractivity (Wildman–Crippen MR) is 129 cm³/mol. The number of ether oxygens (including phenoxy) is 2. The maximum absolute atomic E-state index is 12.1. The number of carbonyl (C=O) groups is 1. The molecule has 2 amide bonds. The molecular formula is C24H28N4O3S. The van der Waals surface area contributed by atoms with Crippen molar-refractivity contribution in [1.82, 2.24) is 4.90 Å². The lowest BCUT2D eigenvalue weighted by Gasteiger charge is -2.36. The number of fused-ring (bicyclic) bond motifs is 2. The largest absolute Gasteiger partial charge is 0.454 e. The van der Waals surface area contributed by atoms with Gasteiger partial charge >= 0.3 is 6.03 Å². The normalized spacial score (nSPS) is 15.9. The van der Waals surface area contributed by atoms with Crippen molar-refractivity contribution in [1.29, 1.82) is 0 Å². The first-order valence-corrected chi connectivity index (χ1v) is 12.0. The summed E-state index contributed by atoms with van der Waals surface area (Å²) in [6, 6.07) is 13.9. The second kappa shape index (κ2) is 9.26. The highest BCUT2D eigenvalue weighted by atomic mass is 32.1.